The normalized spacial score (nSPS) is 15.5. The van der Waals surface area contributed by atoms with Crippen molar-refractivity contribution in [1.29, 1.82) is 0 Å². The number of hydrogen-bond acceptors (Lipinski definition) is 7. The predicted octanol–water partition coefficient (Wildman–Crippen LogP) is 2.28. The first-order chi connectivity index (χ1) is 16.9. The molecule has 2 aromatic heterocycles. The van der Waals surface area contributed by atoms with E-state index in [1.54, 1.807) is 11.8 Å². The average molecular weight is 499 g/mol. The smallest absolute Gasteiger partial charge is 0.281 e. The van der Waals surface area contributed by atoms with Gasteiger partial charge in [0.25, 0.3) is 5.56 Å². The molecule has 0 bridgehead atoms. The summed E-state index contributed by atoms with van der Waals surface area (Å²) in [5, 5.41) is 8.08. The standard InChI is InChI=1S/C23H23FN6O4S/c1-34-17-8-6-15(7-9-17)14-30-22-20(27-28-30)23(31)26-21(25-22)16-10-12-29(13-11-16)35(32,33)19-5-3-2-4-18(19)24/h2-9,16H,10-14H2,1H3,(H,25,26,31). The molecule has 35 heavy (non-hydrogen) atoms. The molecule has 0 radical (unpaired) electrons. The van der Waals surface area contributed by atoms with Gasteiger partial charge in [-0.3, -0.25) is 4.79 Å². The van der Waals surface area contributed by atoms with Gasteiger partial charge in [0.1, 0.15) is 22.3 Å². The van der Waals surface area contributed by atoms with E-state index < -0.39 is 21.4 Å². The lowest BCUT2D eigenvalue weighted by atomic mass is 9.97. The number of halogens is 1. The van der Waals surface area contributed by atoms with Crippen LogP contribution in [-0.2, 0) is 16.6 Å². The van der Waals surface area contributed by atoms with Crippen molar-refractivity contribution in [3.8, 4) is 5.75 Å². The third kappa shape index (κ3) is 4.42. The summed E-state index contributed by atoms with van der Waals surface area (Å²) in [6, 6.07) is 12.8. The number of piperidine rings is 1. The zero-order chi connectivity index (χ0) is 24.6. The van der Waals surface area contributed by atoms with E-state index in [1.807, 2.05) is 24.3 Å². The Bertz CT molecular complexity index is 1530. The summed E-state index contributed by atoms with van der Waals surface area (Å²) in [4.78, 5) is 19.7. The molecule has 5 rings (SSSR count). The molecule has 12 heteroatoms. The van der Waals surface area contributed by atoms with Gasteiger partial charge in [-0.25, -0.2) is 22.5 Å². The van der Waals surface area contributed by atoms with Crippen LogP contribution in [0.3, 0.4) is 0 Å². The Hall–Kier alpha value is -3.64. The van der Waals surface area contributed by atoms with E-state index in [1.165, 1.54) is 22.5 Å². The van der Waals surface area contributed by atoms with Crippen LogP contribution in [0.2, 0.25) is 0 Å². The van der Waals surface area contributed by atoms with Gasteiger partial charge in [0.15, 0.2) is 11.2 Å². The van der Waals surface area contributed by atoms with E-state index in [0.717, 1.165) is 17.4 Å². The molecule has 0 unspecified atom stereocenters. The van der Waals surface area contributed by atoms with Crippen LogP contribution in [0.25, 0.3) is 11.2 Å². The fourth-order valence-electron chi connectivity index (χ4n) is 4.25. The van der Waals surface area contributed by atoms with Crippen molar-refractivity contribution >= 4 is 21.2 Å². The van der Waals surface area contributed by atoms with Crippen molar-refractivity contribution in [1.82, 2.24) is 29.3 Å². The van der Waals surface area contributed by atoms with Crippen molar-refractivity contribution in [3.63, 3.8) is 0 Å². The monoisotopic (exact) mass is 498 g/mol. The maximum Gasteiger partial charge on any atom is 0.281 e. The number of aromatic nitrogens is 5. The Balaban J connectivity index is 1.36. The van der Waals surface area contributed by atoms with E-state index in [2.05, 4.69) is 20.3 Å². The van der Waals surface area contributed by atoms with Crippen molar-refractivity contribution < 1.29 is 17.5 Å². The van der Waals surface area contributed by atoms with Crippen LogP contribution in [0.5, 0.6) is 5.75 Å². The second kappa shape index (κ2) is 9.19. The first-order valence-corrected chi connectivity index (χ1v) is 12.5. The summed E-state index contributed by atoms with van der Waals surface area (Å²) in [5.41, 5.74) is 1.04. The highest BCUT2D eigenvalue weighted by Gasteiger charge is 2.32. The van der Waals surface area contributed by atoms with Gasteiger partial charge in [-0.05, 0) is 42.7 Å². The maximum absolute atomic E-state index is 14.1. The number of hydrogen-bond donors (Lipinski definition) is 1. The molecule has 1 fully saturated rings. The third-order valence-electron chi connectivity index (χ3n) is 6.18. The van der Waals surface area contributed by atoms with Crippen molar-refractivity contribution in [2.75, 3.05) is 20.2 Å². The zero-order valence-electron chi connectivity index (χ0n) is 18.9. The Labute approximate surface area is 200 Å². The van der Waals surface area contributed by atoms with E-state index >= 15 is 0 Å². The number of rotatable bonds is 6. The summed E-state index contributed by atoms with van der Waals surface area (Å²) < 4.78 is 47.9. The molecule has 2 aromatic carbocycles. The van der Waals surface area contributed by atoms with Gasteiger partial charge in [0.05, 0.1) is 13.7 Å². The van der Waals surface area contributed by atoms with Crippen LogP contribution in [0.4, 0.5) is 4.39 Å². The van der Waals surface area contributed by atoms with Gasteiger partial charge in [0.2, 0.25) is 10.0 Å². The van der Waals surface area contributed by atoms with Crippen molar-refractivity contribution in [3.05, 3.63) is 76.1 Å². The van der Waals surface area contributed by atoms with E-state index in [4.69, 9.17) is 4.74 Å². The number of aromatic amines is 1. The number of fused-ring (bicyclic) bond motifs is 1. The number of nitrogens with zero attached hydrogens (tertiary/aromatic N) is 5. The molecular weight excluding hydrogens is 475 g/mol. The summed E-state index contributed by atoms with van der Waals surface area (Å²) in [7, 11) is -2.35. The SMILES string of the molecule is COc1ccc(Cn2nnc3c(=O)[nH]c(C4CCN(S(=O)(=O)c5ccccc5F)CC4)nc32)cc1. The third-order valence-corrected chi connectivity index (χ3v) is 8.11. The Morgan fingerprint density at radius 1 is 1.11 bits per heavy atom. The number of methoxy groups -OCH3 is 1. The summed E-state index contributed by atoms with van der Waals surface area (Å²) in [6.45, 7) is 0.745. The van der Waals surface area contributed by atoms with E-state index in [-0.39, 0.29) is 29.4 Å². The molecule has 0 spiro atoms. The second-order valence-electron chi connectivity index (χ2n) is 8.33. The zero-order valence-corrected chi connectivity index (χ0v) is 19.7. The molecule has 1 aliphatic heterocycles. The van der Waals surface area contributed by atoms with Crippen molar-refractivity contribution in [2.24, 2.45) is 0 Å². The molecule has 4 aromatic rings. The first kappa shape index (κ1) is 23.1. The molecule has 0 amide bonds. The lowest BCUT2D eigenvalue weighted by molar-refractivity contribution is 0.312. The largest absolute Gasteiger partial charge is 0.497 e. The molecule has 0 aliphatic carbocycles. The molecular formula is C23H23FN6O4S. The molecule has 10 nitrogen and oxygen atoms in total. The molecule has 3 heterocycles. The highest BCUT2D eigenvalue weighted by molar-refractivity contribution is 7.89. The Morgan fingerprint density at radius 2 is 1.83 bits per heavy atom. The molecule has 1 saturated heterocycles. The topological polar surface area (TPSA) is 123 Å². The summed E-state index contributed by atoms with van der Waals surface area (Å²) in [5.74, 6) is 0.258. The van der Waals surface area contributed by atoms with Crippen LogP contribution in [0.15, 0.2) is 58.2 Å². The lowest BCUT2D eigenvalue weighted by Crippen LogP contribution is -2.38. The quantitative estimate of drug-likeness (QED) is 0.433. The second-order valence-corrected chi connectivity index (χ2v) is 10.2. The molecule has 1 aliphatic rings. The minimum atomic E-state index is -3.95. The fourth-order valence-corrected chi connectivity index (χ4v) is 5.78. The molecule has 182 valence electrons. The van der Waals surface area contributed by atoms with Crippen molar-refractivity contribution in [2.45, 2.75) is 30.2 Å². The van der Waals surface area contributed by atoms with Gasteiger partial charge in [-0.1, -0.05) is 29.5 Å². The average Bonchev–Trinajstić information content (AvgIpc) is 3.28. The number of H-pyrrole nitrogens is 1. The van der Waals surface area contributed by atoms with Crippen LogP contribution < -0.4 is 10.3 Å². The number of sulfonamides is 1. The van der Waals surface area contributed by atoms with Crippen LogP contribution in [0.1, 0.15) is 30.1 Å². The van der Waals surface area contributed by atoms with Gasteiger partial charge >= 0.3 is 0 Å². The maximum atomic E-state index is 14.1. The molecule has 0 atom stereocenters. The number of ether oxygens (including phenoxy) is 1. The highest BCUT2D eigenvalue weighted by atomic mass is 32.2. The molecule has 0 saturated carbocycles. The molecule has 1 N–H and O–H groups in total. The fraction of sp³-hybridized carbons (Fsp3) is 0.304. The van der Waals surface area contributed by atoms with E-state index in [0.29, 0.717) is 30.9 Å². The minimum absolute atomic E-state index is 0.141. The summed E-state index contributed by atoms with van der Waals surface area (Å²) >= 11 is 0. The van der Waals surface area contributed by atoms with Crippen LogP contribution in [0, 0.1) is 5.82 Å². The van der Waals surface area contributed by atoms with Gasteiger partial charge < -0.3 is 9.72 Å². The van der Waals surface area contributed by atoms with Crippen LogP contribution >= 0.6 is 0 Å². The lowest BCUT2D eigenvalue weighted by Gasteiger charge is -2.30. The number of benzene rings is 2. The van der Waals surface area contributed by atoms with E-state index in [9.17, 15) is 17.6 Å². The van der Waals surface area contributed by atoms with Gasteiger partial charge in [0, 0.05) is 19.0 Å². The van der Waals surface area contributed by atoms with Gasteiger partial charge in [-0.15, -0.1) is 5.10 Å². The minimum Gasteiger partial charge on any atom is -0.497 e. The van der Waals surface area contributed by atoms with Crippen LogP contribution in [-0.4, -0.2) is 57.9 Å². The number of nitrogens with one attached hydrogen (secondary N) is 1. The van der Waals surface area contributed by atoms with Gasteiger partial charge in [-0.2, -0.15) is 4.31 Å². The first-order valence-electron chi connectivity index (χ1n) is 11.1. The predicted molar refractivity (Wildman–Crippen MR) is 125 cm³/mol. The summed E-state index contributed by atoms with van der Waals surface area (Å²) in [6.07, 6.45) is 0.865. The Kier molecular flexibility index (Phi) is 6.07. The highest BCUT2D eigenvalue weighted by Crippen LogP contribution is 2.29. The Morgan fingerprint density at radius 3 is 2.51 bits per heavy atom.